The van der Waals surface area contributed by atoms with E-state index in [-0.39, 0.29) is 0 Å². The maximum Gasteiger partial charge on any atom is 0.328 e. The summed E-state index contributed by atoms with van der Waals surface area (Å²) in [6.45, 7) is 6.71. The van der Waals surface area contributed by atoms with Crippen LogP contribution in [0.2, 0.25) is 0 Å². The molecule has 10 nitrogen and oxygen atoms in total. The molecule has 4 N–H and O–H groups in total. The first-order valence-electron chi connectivity index (χ1n) is 13.5. The Kier molecular flexibility index (Phi) is 15.2. The molecule has 0 aliphatic carbocycles. The highest BCUT2D eigenvalue weighted by atomic mass is 16.4. The lowest BCUT2D eigenvalue weighted by Gasteiger charge is -2.35. The lowest BCUT2D eigenvalue weighted by molar-refractivity contribution is -0.134. The van der Waals surface area contributed by atoms with Crippen molar-refractivity contribution in [3.05, 3.63) is 131 Å². The molecule has 1 aliphatic heterocycles. The largest absolute Gasteiger partial charge is 0.478 e. The normalized spacial score (nSPS) is 13.4. The molecule has 1 aliphatic rings. The van der Waals surface area contributed by atoms with Crippen molar-refractivity contribution < 1.29 is 39.6 Å². The van der Waals surface area contributed by atoms with Crippen LogP contribution in [-0.4, -0.2) is 80.3 Å². The molecule has 0 aromatic heterocycles. The fourth-order valence-corrected chi connectivity index (χ4v) is 4.17. The molecule has 226 valence electrons. The maximum atomic E-state index is 9.55. The van der Waals surface area contributed by atoms with Crippen LogP contribution in [0.5, 0.6) is 0 Å². The van der Waals surface area contributed by atoms with Gasteiger partial charge in [-0.05, 0) is 28.7 Å². The Hall–Kier alpha value is -5.06. The fraction of sp³-hybridized carbons (Fsp3) is 0.212. The van der Waals surface area contributed by atoms with Gasteiger partial charge in [0.1, 0.15) is 0 Å². The van der Waals surface area contributed by atoms with Crippen molar-refractivity contribution in [2.45, 2.75) is 19.5 Å². The van der Waals surface area contributed by atoms with Crippen molar-refractivity contribution >= 4 is 23.9 Å². The lowest BCUT2D eigenvalue weighted by Crippen LogP contribution is -2.45. The van der Waals surface area contributed by atoms with Crippen LogP contribution in [0.15, 0.2) is 109 Å². The molecule has 0 radical (unpaired) electrons. The zero-order valence-electron chi connectivity index (χ0n) is 23.7. The van der Waals surface area contributed by atoms with Crippen molar-refractivity contribution in [1.82, 2.24) is 9.80 Å². The van der Waals surface area contributed by atoms with Gasteiger partial charge in [0.05, 0.1) is 0 Å². The van der Waals surface area contributed by atoms with Crippen LogP contribution in [0.1, 0.15) is 22.3 Å². The molecule has 0 spiro atoms. The predicted molar refractivity (Wildman–Crippen MR) is 162 cm³/mol. The first-order chi connectivity index (χ1) is 20.6. The molecule has 0 atom stereocenters. The van der Waals surface area contributed by atoms with Crippen LogP contribution in [0.3, 0.4) is 0 Å². The molecule has 10 heteroatoms. The van der Waals surface area contributed by atoms with E-state index in [4.69, 9.17) is 20.4 Å². The quantitative estimate of drug-likeness (QED) is 0.255. The smallest absolute Gasteiger partial charge is 0.328 e. The highest BCUT2D eigenvalue weighted by Crippen LogP contribution is 2.18. The summed E-state index contributed by atoms with van der Waals surface area (Å²) in [6.07, 6.45) is 3.25. The Morgan fingerprint density at radius 3 is 1.26 bits per heavy atom. The van der Waals surface area contributed by atoms with Crippen molar-refractivity contribution in [1.29, 1.82) is 0 Å². The second-order valence-corrected chi connectivity index (χ2v) is 9.49. The first kappa shape index (κ1) is 34.1. The van der Waals surface area contributed by atoms with Gasteiger partial charge >= 0.3 is 23.9 Å². The summed E-state index contributed by atoms with van der Waals surface area (Å²) < 4.78 is 0. The van der Waals surface area contributed by atoms with Crippen molar-refractivity contribution in [2.75, 3.05) is 26.2 Å². The number of hydrogen-bond donors (Lipinski definition) is 4. The molecule has 4 rings (SSSR count). The van der Waals surface area contributed by atoms with E-state index in [1.54, 1.807) is 0 Å². The highest BCUT2D eigenvalue weighted by Gasteiger charge is 2.18. The average Bonchev–Trinajstić information content (AvgIpc) is 2.99. The van der Waals surface area contributed by atoms with E-state index >= 15 is 0 Å². The molecule has 0 bridgehead atoms. The third kappa shape index (κ3) is 15.5. The Morgan fingerprint density at radius 2 is 0.837 bits per heavy atom. The van der Waals surface area contributed by atoms with Crippen molar-refractivity contribution in [2.24, 2.45) is 0 Å². The lowest BCUT2D eigenvalue weighted by atomic mass is 9.99. The van der Waals surface area contributed by atoms with Gasteiger partial charge in [0.25, 0.3) is 0 Å². The summed E-state index contributed by atoms with van der Waals surface area (Å²) in [5.41, 5.74) is 5.73. The summed E-state index contributed by atoms with van der Waals surface area (Å²) >= 11 is 0. The van der Waals surface area contributed by atoms with Gasteiger partial charge < -0.3 is 20.4 Å². The minimum atomic E-state index is -1.26. The third-order valence-electron chi connectivity index (χ3n) is 6.20. The topological polar surface area (TPSA) is 156 Å². The van der Waals surface area contributed by atoms with Gasteiger partial charge in [-0.1, -0.05) is 84.9 Å². The summed E-state index contributed by atoms with van der Waals surface area (Å²) in [5, 5.41) is 31.2. The van der Waals surface area contributed by atoms with E-state index in [9.17, 15) is 19.2 Å². The molecule has 0 amide bonds. The van der Waals surface area contributed by atoms with Gasteiger partial charge in [-0.2, -0.15) is 0 Å². The number of carbonyl (C=O) groups is 4. The SMILES string of the molecule is O=C(O)/C=C\C(=O)O.O=C(O)/C=C\C(=O)O.c1ccc(Cc2ccccc2CN2CCN(Cc3ccccc3)CC2)cc1. The molecular weight excluding hydrogens is 552 g/mol. The number of carboxylic acids is 4. The van der Waals surface area contributed by atoms with Crippen molar-refractivity contribution in [3.8, 4) is 0 Å². The van der Waals surface area contributed by atoms with Gasteiger partial charge in [-0.15, -0.1) is 0 Å². The maximum absolute atomic E-state index is 9.55. The van der Waals surface area contributed by atoms with E-state index in [0.29, 0.717) is 24.3 Å². The van der Waals surface area contributed by atoms with Gasteiger partial charge in [-0.25, -0.2) is 19.2 Å². The minimum absolute atomic E-state index is 0.558. The van der Waals surface area contributed by atoms with Crippen LogP contribution in [0, 0.1) is 0 Å². The van der Waals surface area contributed by atoms with E-state index in [2.05, 4.69) is 94.7 Å². The minimum Gasteiger partial charge on any atom is -0.478 e. The molecule has 1 fully saturated rings. The molecule has 0 saturated carbocycles. The number of rotatable bonds is 10. The summed E-state index contributed by atoms with van der Waals surface area (Å²) in [6, 6.07) is 30.5. The van der Waals surface area contributed by atoms with Gasteiger partial charge in [-0.3, -0.25) is 9.80 Å². The third-order valence-corrected chi connectivity index (χ3v) is 6.20. The number of nitrogens with zero attached hydrogens (tertiary/aromatic N) is 2. The molecule has 3 aromatic carbocycles. The Labute approximate surface area is 250 Å². The van der Waals surface area contributed by atoms with E-state index in [0.717, 1.165) is 45.7 Å². The van der Waals surface area contributed by atoms with E-state index in [1.807, 2.05) is 0 Å². The highest BCUT2D eigenvalue weighted by molar-refractivity contribution is 5.90. The summed E-state index contributed by atoms with van der Waals surface area (Å²) in [5.74, 6) is -5.03. The Bertz CT molecular complexity index is 1300. The molecule has 43 heavy (non-hydrogen) atoms. The Balaban J connectivity index is 0.000000334. The fourth-order valence-electron chi connectivity index (χ4n) is 4.17. The second kappa shape index (κ2) is 19.1. The van der Waals surface area contributed by atoms with Crippen LogP contribution in [0.25, 0.3) is 0 Å². The number of hydrogen-bond acceptors (Lipinski definition) is 6. The van der Waals surface area contributed by atoms with Gasteiger partial charge in [0.15, 0.2) is 0 Å². The number of aliphatic carboxylic acids is 4. The zero-order valence-corrected chi connectivity index (χ0v) is 23.7. The zero-order chi connectivity index (χ0) is 31.5. The standard InChI is InChI=1S/C25H28N2.2C4H4O4/c1-3-9-22(10-4-1)19-24-13-7-8-14-25(24)21-27-17-15-26(16-18-27)20-23-11-5-2-6-12-23;2*5-3(6)1-2-4(7)8/h1-14H,15-21H2;2*1-2H,(H,5,6)(H,7,8)/b;2*2-1-. The van der Waals surface area contributed by atoms with Crippen LogP contribution in [0.4, 0.5) is 0 Å². The monoisotopic (exact) mass is 588 g/mol. The molecular formula is C33H36N2O8. The number of piperazine rings is 1. The first-order valence-corrected chi connectivity index (χ1v) is 13.5. The predicted octanol–water partition coefficient (Wildman–Crippen LogP) is 4.02. The number of carboxylic acid groups (broad SMARTS) is 4. The van der Waals surface area contributed by atoms with Crippen LogP contribution >= 0.6 is 0 Å². The van der Waals surface area contributed by atoms with E-state index in [1.165, 1.54) is 22.3 Å². The van der Waals surface area contributed by atoms with E-state index < -0.39 is 23.9 Å². The summed E-state index contributed by atoms with van der Waals surface area (Å²) in [4.78, 5) is 43.4. The van der Waals surface area contributed by atoms with Gasteiger partial charge in [0, 0.05) is 63.6 Å². The molecule has 0 unspecified atom stereocenters. The van der Waals surface area contributed by atoms with Crippen LogP contribution in [-0.2, 0) is 38.7 Å². The molecule has 3 aromatic rings. The van der Waals surface area contributed by atoms with Crippen molar-refractivity contribution in [3.63, 3.8) is 0 Å². The number of benzene rings is 3. The molecule has 1 heterocycles. The second-order valence-electron chi connectivity index (χ2n) is 9.49. The average molecular weight is 589 g/mol. The van der Waals surface area contributed by atoms with Gasteiger partial charge in [0.2, 0.25) is 0 Å². The summed E-state index contributed by atoms with van der Waals surface area (Å²) in [7, 11) is 0. The van der Waals surface area contributed by atoms with Crippen LogP contribution < -0.4 is 0 Å². The Morgan fingerprint density at radius 1 is 0.488 bits per heavy atom. The molecule has 1 saturated heterocycles.